The standard InChI is InChI=1S/C27H32N2O6/c1-26(2,34-4)13-22(23(30)29-15-27(3,16-29)24(31)32)28-25(33)35-14-21-19-11-7-5-9-17(19)18-10-6-8-12-20(18)21/h5-12,21-22H,13-16H2,1-4H3,(H,28,33)(H,31,32). The number of ether oxygens (including phenoxy) is 2. The maximum atomic E-state index is 13.2. The number of nitrogens with zero attached hydrogens (tertiary/aromatic N) is 1. The summed E-state index contributed by atoms with van der Waals surface area (Å²) in [7, 11) is 1.54. The quantitative estimate of drug-likeness (QED) is 0.598. The highest BCUT2D eigenvalue weighted by molar-refractivity contribution is 5.89. The van der Waals surface area contributed by atoms with E-state index in [1.807, 2.05) is 50.2 Å². The van der Waals surface area contributed by atoms with Crippen LogP contribution in [0.1, 0.15) is 44.2 Å². The van der Waals surface area contributed by atoms with Crippen LogP contribution in [0.25, 0.3) is 11.1 Å². The number of carbonyl (C=O) groups excluding carboxylic acids is 2. The highest BCUT2D eigenvalue weighted by atomic mass is 16.5. The van der Waals surface area contributed by atoms with Gasteiger partial charge in [-0.05, 0) is 43.0 Å². The van der Waals surface area contributed by atoms with Gasteiger partial charge in [0, 0.05) is 32.5 Å². The Balaban J connectivity index is 1.44. The molecule has 2 aromatic rings. The molecule has 2 amide bonds. The van der Waals surface area contributed by atoms with Crippen molar-refractivity contribution >= 4 is 18.0 Å². The number of benzene rings is 2. The highest BCUT2D eigenvalue weighted by Crippen LogP contribution is 2.44. The first-order valence-electron chi connectivity index (χ1n) is 11.7. The minimum absolute atomic E-state index is 0.0932. The highest BCUT2D eigenvalue weighted by Gasteiger charge is 2.49. The van der Waals surface area contributed by atoms with E-state index in [-0.39, 0.29) is 37.9 Å². The van der Waals surface area contributed by atoms with Crippen molar-refractivity contribution in [1.82, 2.24) is 10.2 Å². The van der Waals surface area contributed by atoms with Crippen molar-refractivity contribution in [2.24, 2.45) is 5.41 Å². The van der Waals surface area contributed by atoms with E-state index in [2.05, 4.69) is 17.4 Å². The summed E-state index contributed by atoms with van der Waals surface area (Å²) in [4.78, 5) is 38.9. The van der Waals surface area contributed by atoms with Crippen LogP contribution in [0.3, 0.4) is 0 Å². The van der Waals surface area contributed by atoms with Gasteiger partial charge in [0.15, 0.2) is 0 Å². The van der Waals surface area contributed by atoms with E-state index in [9.17, 15) is 19.5 Å². The number of carbonyl (C=O) groups is 3. The number of hydrogen-bond donors (Lipinski definition) is 2. The second kappa shape index (κ2) is 9.34. The van der Waals surface area contributed by atoms with Crippen molar-refractivity contribution in [2.75, 3.05) is 26.8 Å². The Morgan fingerprint density at radius 2 is 1.63 bits per heavy atom. The van der Waals surface area contributed by atoms with Crippen LogP contribution in [0.4, 0.5) is 4.79 Å². The van der Waals surface area contributed by atoms with Crippen LogP contribution in [0.2, 0.25) is 0 Å². The number of hydrogen-bond acceptors (Lipinski definition) is 5. The molecule has 2 aromatic carbocycles. The van der Waals surface area contributed by atoms with Crippen LogP contribution in [0.5, 0.6) is 0 Å². The van der Waals surface area contributed by atoms with Crippen LogP contribution < -0.4 is 5.32 Å². The Kier molecular flexibility index (Phi) is 6.60. The fourth-order valence-electron chi connectivity index (χ4n) is 4.87. The van der Waals surface area contributed by atoms with Crippen LogP contribution >= 0.6 is 0 Å². The summed E-state index contributed by atoms with van der Waals surface area (Å²) in [6, 6.07) is 15.2. The number of nitrogens with one attached hydrogen (secondary N) is 1. The van der Waals surface area contributed by atoms with Crippen molar-refractivity contribution in [3.63, 3.8) is 0 Å². The molecule has 2 N–H and O–H groups in total. The van der Waals surface area contributed by atoms with Gasteiger partial charge in [-0.1, -0.05) is 48.5 Å². The van der Waals surface area contributed by atoms with Gasteiger partial charge in [0.2, 0.25) is 5.91 Å². The molecule has 1 saturated heterocycles. The number of likely N-dealkylation sites (tertiary alicyclic amines) is 1. The average Bonchev–Trinajstić information content (AvgIpc) is 3.13. The van der Waals surface area contributed by atoms with Gasteiger partial charge >= 0.3 is 12.1 Å². The lowest BCUT2D eigenvalue weighted by molar-refractivity contribution is -0.165. The van der Waals surface area contributed by atoms with Crippen molar-refractivity contribution in [3.05, 3.63) is 59.7 Å². The minimum atomic E-state index is -0.971. The van der Waals surface area contributed by atoms with Gasteiger partial charge in [-0.15, -0.1) is 0 Å². The molecule has 1 aliphatic carbocycles. The first kappa shape index (κ1) is 24.7. The summed E-state index contributed by atoms with van der Waals surface area (Å²) in [5.74, 6) is -1.38. The maximum absolute atomic E-state index is 13.2. The van der Waals surface area contributed by atoms with Gasteiger partial charge in [0.05, 0.1) is 11.0 Å². The fourth-order valence-corrected chi connectivity index (χ4v) is 4.87. The van der Waals surface area contributed by atoms with E-state index < -0.39 is 29.1 Å². The molecule has 8 nitrogen and oxygen atoms in total. The Hall–Kier alpha value is -3.39. The summed E-state index contributed by atoms with van der Waals surface area (Å²) in [6.45, 7) is 5.57. The Morgan fingerprint density at radius 1 is 1.09 bits per heavy atom. The topological polar surface area (TPSA) is 105 Å². The molecule has 0 radical (unpaired) electrons. The Labute approximate surface area is 205 Å². The smallest absolute Gasteiger partial charge is 0.407 e. The SMILES string of the molecule is COC(C)(C)CC(NC(=O)OCC1c2ccccc2-c2ccccc21)C(=O)N1CC(C)(C(=O)O)C1. The number of aliphatic carboxylic acids is 1. The monoisotopic (exact) mass is 480 g/mol. The molecule has 1 fully saturated rings. The second-order valence-corrected chi connectivity index (χ2v) is 10.3. The van der Waals surface area contributed by atoms with Gasteiger partial charge in [-0.3, -0.25) is 9.59 Å². The lowest BCUT2D eigenvalue weighted by atomic mass is 9.81. The van der Waals surface area contributed by atoms with Crippen LogP contribution in [-0.2, 0) is 19.1 Å². The normalized spacial score (nSPS) is 17.1. The minimum Gasteiger partial charge on any atom is -0.481 e. The number of carboxylic acid groups (broad SMARTS) is 1. The largest absolute Gasteiger partial charge is 0.481 e. The second-order valence-electron chi connectivity index (χ2n) is 10.3. The van der Waals surface area contributed by atoms with E-state index in [0.717, 1.165) is 22.3 Å². The zero-order valence-electron chi connectivity index (χ0n) is 20.5. The van der Waals surface area contributed by atoms with Crippen molar-refractivity contribution < 1.29 is 29.0 Å². The summed E-state index contributed by atoms with van der Waals surface area (Å²) in [6.07, 6.45) is -0.481. The zero-order valence-corrected chi connectivity index (χ0v) is 20.5. The summed E-state index contributed by atoms with van der Waals surface area (Å²) >= 11 is 0. The lowest BCUT2D eigenvalue weighted by Gasteiger charge is -2.46. The third kappa shape index (κ3) is 4.89. The molecule has 1 atom stereocenters. The van der Waals surface area contributed by atoms with Crippen molar-refractivity contribution in [3.8, 4) is 11.1 Å². The molecule has 8 heteroatoms. The van der Waals surface area contributed by atoms with Gasteiger partial charge in [-0.25, -0.2) is 4.79 Å². The molecule has 1 heterocycles. The zero-order chi connectivity index (χ0) is 25.4. The molecule has 0 aromatic heterocycles. The molecule has 35 heavy (non-hydrogen) atoms. The molecule has 0 saturated carbocycles. The molecule has 1 unspecified atom stereocenters. The number of alkyl carbamates (subject to hydrolysis) is 1. The first-order chi connectivity index (χ1) is 16.5. The van der Waals surface area contributed by atoms with Crippen LogP contribution in [-0.4, -0.2) is 66.4 Å². The molecule has 186 valence electrons. The lowest BCUT2D eigenvalue weighted by Crippen LogP contribution is -2.64. The number of amides is 2. The van der Waals surface area contributed by atoms with Gasteiger partial charge in [-0.2, -0.15) is 0 Å². The average molecular weight is 481 g/mol. The van der Waals surface area contributed by atoms with E-state index in [4.69, 9.17) is 9.47 Å². The van der Waals surface area contributed by atoms with Crippen molar-refractivity contribution in [1.29, 1.82) is 0 Å². The summed E-state index contributed by atoms with van der Waals surface area (Å²) in [5, 5.41) is 12.1. The van der Waals surface area contributed by atoms with E-state index in [0.29, 0.717) is 0 Å². The predicted octanol–water partition coefficient (Wildman–Crippen LogP) is 3.64. The van der Waals surface area contributed by atoms with E-state index in [1.165, 1.54) is 4.90 Å². The molecule has 0 spiro atoms. The maximum Gasteiger partial charge on any atom is 0.407 e. The Bertz CT molecular complexity index is 1090. The van der Waals surface area contributed by atoms with E-state index in [1.54, 1.807) is 14.0 Å². The fraction of sp³-hybridized carbons (Fsp3) is 0.444. The predicted molar refractivity (Wildman–Crippen MR) is 130 cm³/mol. The van der Waals surface area contributed by atoms with E-state index >= 15 is 0 Å². The van der Waals surface area contributed by atoms with Gasteiger partial charge in [0.25, 0.3) is 0 Å². The van der Waals surface area contributed by atoms with Crippen molar-refractivity contribution in [2.45, 2.75) is 44.8 Å². The third-order valence-electron chi connectivity index (χ3n) is 7.09. The molecule has 2 aliphatic rings. The number of fused-ring (bicyclic) bond motifs is 3. The molecular weight excluding hydrogens is 448 g/mol. The number of methoxy groups -OCH3 is 1. The molecule has 4 rings (SSSR count). The third-order valence-corrected chi connectivity index (χ3v) is 7.09. The van der Waals surface area contributed by atoms with Crippen LogP contribution in [0, 0.1) is 5.41 Å². The number of carboxylic acids is 1. The van der Waals surface area contributed by atoms with Gasteiger partial charge < -0.3 is 24.8 Å². The Morgan fingerprint density at radius 3 is 2.14 bits per heavy atom. The summed E-state index contributed by atoms with van der Waals surface area (Å²) < 4.78 is 11.1. The first-order valence-corrected chi connectivity index (χ1v) is 11.7. The van der Waals surface area contributed by atoms with Crippen LogP contribution in [0.15, 0.2) is 48.5 Å². The number of rotatable bonds is 8. The molecule has 0 bridgehead atoms. The van der Waals surface area contributed by atoms with Gasteiger partial charge in [0.1, 0.15) is 12.6 Å². The summed E-state index contributed by atoms with van der Waals surface area (Å²) in [5.41, 5.74) is 2.81. The molecule has 1 aliphatic heterocycles. The molecular formula is C27H32N2O6.